The van der Waals surface area contributed by atoms with Gasteiger partial charge in [-0.05, 0) is 45.5 Å². The number of fused-ring (bicyclic) bond motifs is 6. The maximum Gasteiger partial charge on any atom is 0.356 e. The summed E-state index contributed by atoms with van der Waals surface area (Å²) in [6.45, 7) is 5.02. The molecule has 2 atom stereocenters. The van der Waals surface area contributed by atoms with Crippen LogP contribution in [0.25, 0.3) is 0 Å². The molecule has 0 saturated heterocycles. The third-order valence-electron chi connectivity index (χ3n) is 4.04. The van der Waals surface area contributed by atoms with Crippen molar-refractivity contribution in [2.45, 2.75) is 39.0 Å². The fraction of sp³-hybridized carbons (Fsp3) is 0.471. The molecular weight excluding hydrogens is 326 g/mol. The first kappa shape index (κ1) is 19.0. The number of ether oxygens (including phenoxy) is 2. The van der Waals surface area contributed by atoms with E-state index in [2.05, 4.69) is 10.7 Å². The number of carbonyl (C=O) groups is 3. The Labute approximate surface area is 146 Å². The third-order valence-corrected chi connectivity index (χ3v) is 4.04. The third kappa shape index (κ3) is 3.71. The molecule has 3 rings (SSSR count). The SMILES string of the molecule is CCOC(=O)C(C)NN1Cc2ccc(cc2)OC(=O)C1(NC)C(C)=O. The van der Waals surface area contributed by atoms with Gasteiger partial charge in [0.15, 0.2) is 5.78 Å². The molecule has 8 nitrogen and oxygen atoms in total. The summed E-state index contributed by atoms with van der Waals surface area (Å²) >= 11 is 0. The lowest BCUT2D eigenvalue weighted by atomic mass is 10.0. The lowest BCUT2D eigenvalue weighted by Gasteiger charge is -2.40. The lowest BCUT2D eigenvalue weighted by molar-refractivity contribution is -0.165. The molecule has 0 radical (unpaired) electrons. The van der Waals surface area contributed by atoms with Crippen molar-refractivity contribution in [3.63, 3.8) is 0 Å². The minimum absolute atomic E-state index is 0.194. The average Bonchev–Trinajstić information content (AvgIpc) is 2.65. The van der Waals surface area contributed by atoms with Crippen molar-refractivity contribution in [1.82, 2.24) is 15.8 Å². The number of nitrogens with zero attached hydrogens (tertiary/aromatic N) is 1. The van der Waals surface area contributed by atoms with Gasteiger partial charge in [0.2, 0.25) is 5.66 Å². The highest BCUT2D eigenvalue weighted by Gasteiger charge is 2.51. The molecule has 2 N–H and O–H groups in total. The van der Waals surface area contributed by atoms with E-state index in [9.17, 15) is 14.4 Å². The highest BCUT2D eigenvalue weighted by Crippen LogP contribution is 2.24. The van der Waals surface area contributed by atoms with Crippen LogP contribution in [-0.2, 0) is 25.7 Å². The summed E-state index contributed by atoms with van der Waals surface area (Å²) in [5.74, 6) is -1.39. The van der Waals surface area contributed by atoms with Crippen LogP contribution < -0.4 is 15.5 Å². The minimum atomic E-state index is -1.78. The summed E-state index contributed by atoms with van der Waals surface area (Å²) in [6, 6.07) is 6.13. The Morgan fingerprint density at radius 1 is 1.36 bits per heavy atom. The van der Waals surface area contributed by atoms with E-state index in [0.29, 0.717) is 5.75 Å². The van der Waals surface area contributed by atoms with E-state index in [1.807, 2.05) is 0 Å². The van der Waals surface area contributed by atoms with E-state index in [0.717, 1.165) is 5.56 Å². The zero-order valence-electron chi connectivity index (χ0n) is 14.8. The first-order chi connectivity index (χ1) is 11.8. The molecule has 2 aliphatic rings. The number of rotatable bonds is 6. The van der Waals surface area contributed by atoms with Gasteiger partial charge in [-0.25, -0.2) is 15.2 Å². The molecule has 0 aliphatic carbocycles. The number of nitrogens with one attached hydrogen (secondary N) is 2. The fourth-order valence-electron chi connectivity index (χ4n) is 2.70. The van der Waals surface area contributed by atoms with E-state index in [1.54, 1.807) is 38.1 Å². The number of hydrogen-bond acceptors (Lipinski definition) is 8. The highest BCUT2D eigenvalue weighted by atomic mass is 16.5. The fourth-order valence-corrected chi connectivity index (χ4v) is 2.70. The van der Waals surface area contributed by atoms with Crippen LogP contribution in [0.3, 0.4) is 0 Å². The Morgan fingerprint density at radius 3 is 2.52 bits per heavy atom. The minimum Gasteiger partial charge on any atom is -0.465 e. The van der Waals surface area contributed by atoms with Gasteiger partial charge in [-0.3, -0.25) is 14.9 Å². The van der Waals surface area contributed by atoms with Gasteiger partial charge in [0.1, 0.15) is 11.8 Å². The van der Waals surface area contributed by atoms with Gasteiger partial charge in [-0.2, -0.15) is 0 Å². The van der Waals surface area contributed by atoms with Gasteiger partial charge in [-0.1, -0.05) is 12.1 Å². The van der Waals surface area contributed by atoms with Gasteiger partial charge in [0.05, 0.1) is 6.61 Å². The zero-order valence-corrected chi connectivity index (χ0v) is 14.8. The molecule has 0 amide bonds. The predicted molar refractivity (Wildman–Crippen MR) is 89.3 cm³/mol. The maximum absolute atomic E-state index is 12.8. The van der Waals surface area contributed by atoms with Crippen LogP contribution in [-0.4, -0.2) is 48.1 Å². The molecule has 136 valence electrons. The van der Waals surface area contributed by atoms with Gasteiger partial charge < -0.3 is 9.47 Å². The Hall–Kier alpha value is -2.29. The number of benzene rings is 1. The standard InChI is InChI=1S/C17H23N3O5/c1-5-24-15(22)11(2)19-20-10-13-6-8-14(9-7-13)25-16(23)17(20,18-4)12(3)21/h6-9,11,18-19H,5,10H2,1-4H3. The van der Waals surface area contributed by atoms with E-state index >= 15 is 0 Å². The summed E-state index contributed by atoms with van der Waals surface area (Å²) < 4.78 is 10.3. The van der Waals surface area contributed by atoms with Crippen molar-refractivity contribution in [1.29, 1.82) is 0 Å². The van der Waals surface area contributed by atoms with Crippen LogP contribution in [0.15, 0.2) is 24.3 Å². The second-order valence-electron chi connectivity index (χ2n) is 5.74. The number of likely N-dealkylation sites (N-methyl/N-ethyl adjacent to an activating group) is 1. The Kier molecular flexibility index (Phi) is 5.89. The molecule has 25 heavy (non-hydrogen) atoms. The zero-order chi connectivity index (χ0) is 18.6. The smallest absolute Gasteiger partial charge is 0.356 e. The van der Waals surface area contributed by atoms with Crippen molar-refractivity contribution >= 4 is 17.7 Å². The van der Waals surface area contributed by atoms with E-state index < -0.39 is 29.4 Å². The maximum atomic E-state index is 12.8. The second-order valence-corrected chi connectivity index (χ2v) is 5.74. The van der Waals surface area contributed by atoms with Crippen LogP contribution in [0, 0.1) is 0 Å². The quantitative estimate of drug-likeness (QED) is 0.432. The van der Waals surface area contributed by atoms with Gasteiger partial charge in [0, 0.05) is 6.54 Å². The summed E-state index contributed by atoms with van der Waals surface area (Å²) in [5, 5.41) is 4.15. The molecule has 0 saturated carbocycles. The topological polar surface area (TPSA) is 97.0 Å². The van der Waals surface area contributed by atoms with Crippen molar-refractivity contribution in [3.8, 4) is 5.75 Å². The Balaban J connectivity index is 2.44. The molecule has 0 fully saturated rings. The van der Waals surface area contributed by atoms with E-state index in [-0.39, 0.29) is 13.2 Å². The van der Waals surface area contributed by atoms with Gasteiger partial charge in [-0.15, -0.1) is 0 Å². The molecule has 0 aromatic heterocycles. The van der Waals surface area contributed by atoms with E-state index in [4.69, 9.17) is 9.47 Å². The molecule has 2 unspecified atom stereocenters. The molecular formula is C17H23N3O5. The average molecular weight is 349 g/mol. The van der Waals surface area contributed by atoms with Gasteiger partial charge in [0.25, 0.3) is 0 Å². The first-order valence-electron chi connectivity index (χ1n) is 8.06. The first-order valence-corrected chi connectivity index (χ1v) is 8.06. The van der Waals surface area contributed by atoms with Crippen molar-refractivity contribution in [3.05, 3.63) is 29.8 Å². The molecule has 1 aromatic rings. The van der Waals surface area contributed by atoms with Gasteiger partial charge >= 0.3 is 11.9 Å². The molecule has 0 spiro atoms. The Bertz CT molecular complexity index is 661. The number of Topliss-reactive ketones (excluding diaryl/α,β-unsaturated/α-hetero) is 1. The summed E-state index contributed by atoms with van der Waals surface area (Å²) in [7, 11) is 1.49. The van der Waals surface area contributed by atoms with Crippen LogP contribution >= 0.6 is 0 Å². The monoisotopic (exact) mass is 349 g/mol. The van der Waals surface area contributed by atoms with Crippen LogP contribution in [0.4, 0.5) is 0 Å². The van der Waals surface area contributed by atoms with Crippen molar-refractivity contribution in [2.24, 2.45) is 0 Å². The second kappa shape index (κ2) is 7.73. The molecule has 2 heterocycles. The largest absolute Gasteiger partial charge is 0.465 e. The molecule has 2 aliphatic heterocycles. The predicted octanol–water partition coefficient (Wildman–Crippen LogP) is 0.369. The van der Waals surface area contributed by atoms with Crippen LogP contribution in [0.5, 0.6) is 5.75 Å². The normalized spacial score (nSPS) is 21.7. The number of hydrogen-bond donors (Lipinski definition) is 2. The number of hydrazine groups is 1. The van der Waals surface area contributed by atoms with Crippen molar-refractivity contribution < 1.29 is 23.9 Å². The Morgan fingerprint density at radius 2 is 2.00 bits per heavy atom. The summed E-state index contributed by atoms with van der Waals surface area (Å²) in [6.07, 6.45) is 0. The number of carbonyl (C=O) groups excluding carboxylic acids is 3. The highest BCUT2D eigenvalue weighted by molar-refractivity contribution is 6.07. The summed E-state index contributed by atoms with van der Waals surface area (Å²) in [4.78, 5) is 37.2. The number of ketones is 1. The molecule has 2 bridgehead atoms. The molecule has 1 aromatic carbocycles. The summed E-state index contributed by atoms with van der Waals surface area (Å²) in [5.41, 5.74) is 1.97. The van der Waals surface area contributed by atoms with Crippen LogP contribution in [0.1, 0.15) is 26.3 Å². The van der Waals surface area contributed by atoms with Crippen LogP contribution in [0.2, 0.25) is 0 Å². The lowest BCUT2D eigenvalue weighted by Crippen LogP contribution is -2.72. The van der Waals surface area contributed by atoms with Crippen molar-refractivity contribution in [2.75, 3.05) is 13.7 Å². The number of esters is 2. The van der Waals surface area contributed by atoms with E-state index in [1.165, 1.54) is 19.0 Å². The molecule has 8 heteroatoms.